The van der Waals surface area contributed by atoms with Gasteiger partial charge in [-0.2, -0.15) is 0 Å². The topological polar surface area (TPSA) is 12.9 Å². The summed E-state index contributed by atoms with van der Waals surface area (Å²) >= 11 is 1.94. The van der Waals surface area contributed by atoms with Gasteiger partial charge in [0, 0.05) is 21.8 Å². The van der Waals surface area contributed by atoms with E-state index in [2.05, 4.69) is 176 Å². The van der Waals surface area contributed by atoms with E-state index in [0.717, 1.165) is 33.8 Å². The minimum atomic E-state index is 0.971. The van der Waals surface area contributed by atoms with E-state index >= 15 is 0 Å². The predicted molar refractivity (Wildman–Crippen MR) is 212 cm³/mol. The number of nitrogens with zero attached hydrogens (tertiary/aromatic N) is 1. The Morgan fingerprint density at radius 1 is 0.320 bits per heavy atom. The SMILES string of the molecule is c1ccc(-c2cc(-c3cccc(-c4ccc(-c5cccc(-c6cccc7c6CSc6ccccc6-7)c5)cc4)c3)cc(-c3ccccc3)n2)cc1. The van der Waals surface area contributed by atoms with Gasteiger partial charge >= 0.3 is 0 Å². The van der Waals surface area contributed by atoms with Gasteiger partial charge in [-0.25, -0.2) is 4.98 Å². The average molecular weight is 656 g/mol. The fraction of sp³-hybridized carbons (Fsp3) is 0.0208. The van der Waals surface area contributed by atoms with Crippen LogP contribution in [0.3, 0.4) is 0 Å². The molecule has 1 aliphatic rings. The molecule has 9 rings (SSSR count). The van der Waals surface area contributed by atoms with Gasteiger partial charge in [0.05, 0.1) is 11.4 Å². The van der Waals surface area contributed by atoms with Crippen LogP contribution in [0.2, 0.25) is 0 Å². The molecule has 1 nitrogen and oxygen atoms in total. The lowest BCUT2D eigenvalue weighted by Gasteiger charge is -2.22. The second-order valence-corrected chi connectivity index (χ2v) is 13.7. The smallest absolute Gasteiger partial charge is 0.0715 e. The van der Waals surface area contributed by atoms with Crippen molar-refractivity contribution in [3.05, 3.63) is 194 Å². The van der Waals surface area contributed by atoms with Crippen molar-refractivity contribution in [2.45, 2.75) is 10.6 Å². The molecule has 0 aliphatic carbocycles. The molecule has 236 valence electrons. The van der Waals surface area contributed by atoms with Crippen molar-refractivity contribution in [3.63, 3.8) is 0 Å². The molecule has 0 spiro atoms. The summed E-state index contributed by atoms with van der Waals surface area (Å²) in [7, 11) is 0. The lowest BCUT2D eigenvalue weighted by Crippen LogP contribution is -1.98. The third-order valence-electron chi connectivity index (χ3n) is 9.61. The summed E-state index contributed by atoms with van der Waals surface area (Å²) in [5.41, 5.74) is 18.0. The van der Waals surface area contributed by atoms with Crippen molar-refractivity contribution in [1.82, 2.24) is 4.98 Å². The van der Waals surface area contributed by atoms with Crippen molar-refractivity contribution in [2.24, 2.45) is 0 Å². The monoisotopic (exact) mass is 655 g/mol. The van der Waals surface area contributed by atoms with E-state index in [-0.39, 0.29) is 0 Å². The van der Waals surface area contributed by atoms with E-state index in [1.54, 1.807) is 0 Å². The van der Waals surface area contributed by atoms with Crippen LogP contribution < -0.4 is 0 Å². The van der Waals surface area contributed by atoms with Crippen LogP contribution in [0, 0.1) is 0 Å². The summed E-state index contributed by atoms with van der Waals surface area (Å²) in [5, 5.41) is 0. The molecule has 2 heterocycles. The third kappa shape index (κ3) is 5.85. The first kappa shape index (κ1) is 30.1. The summed E-state index contributed by atoms with van der Waals surface area (Å²) < 4.78 is 0. The molecular formula is C48H33NS. The quantitative estimate of drug-likeness (QED) is 0.177. The molecule has 1 aromatic heterocycles. The average Bonchev–Trinajstić information content (AvgIpc) is 3.21. The maximum atomic E-state index is 5.07. The van der Waals surface area contributed by atoms with Gasteiger partial charge in [-0.05, 0) is 91.5 Å². The Labute approximate surface area is 298 Å². The first-order valence-electron chi connectivity index (χ1n) is 17.1. The standard InChI is InChI=1S/C48H33NS/c1-3-12-35(13-4-1)46-30-41(31-47(49-46)36-14-5-2-6-15-36)39-18-9-16-37(28-39)33-24-26-34(27-25-33)38-17-10-19-40(29-38)42-21-11-22-43-44-20-7-8-23-48(44)50-32-45(42)43/h1-31H,32H2. The normalized spacial score (nSPS) is 11.8. The van der Waals surface area contributed by atoms with Crippen molar-refractivity contribution in [2.75, 3.05) is 0 Å². The number of hydrogen-bond acceptors (Lipinski definition) is 2. The number of fused-ring (bicyclic) bond motifs is 3. The van der Waals surface area contributed by atoms with Crippen LogP contribution in [-0.2, 0) is 5.75 Å². The second kappa shape index (κ2) is 13.2. The van der Waals surface area contributed by atoms with Gasteiger partial charge < -0.3 is 0 Å². The van der Waals surface area contributed by atoms with E-state index in [1.165, 1.54) is 60.5 Å². The van der Waals surface area contributed by atoms with Gasteiger partial charge in [0.1, 0.15) is 0 Å². The van der Waals surface area contributed by atoms with Crippen molar-refractivity contribution >= 4 is 11.8 Å². The maximum absolute atomic E-state index is 5.07. The molecule has 0 unspecified atom stereocenters. The molecule has 0 amide bonds. The number of hydrogen-bond donors (Lipinski definition) is 0. The molecule has 0 atom stereocenters. The Kier molecular flexibility index (Phi) is 7.93. The summed E-state index contributed by atoms with van der Waals surface area (Å²) in [6, 6.07) is 67.6. The van der Waals surface area contributed by atoms with E-state index in [1.807, 2.05) is 23.9 Å². The highest BCUT2D eigenvalue weighted by Gasteiger charge is 2.19. The van der Waals surface area contributed by atoms with Crippen LogP contribution in [0.1, 0.15) is 5.56 Å². The van der Waals surface area contributed by atoms with Crippen LogP contribution in [0.15, 0.2) is 193 Å². The highest BCUT2D eigenvalue weighted by atomic mass is 32.2. The number of aromatic nitrogens is 1. The van der Waals surface area contributed by atoms with E-state index in [9.17, 15) is 0 Å². The zero-order valence-corrected chi connectivity index (χ0v) is 28.3. The molecule has 2 heteroatoms. The maximum Gasteiger partial charge on any atom is 0.0715 e. The molecule has 0 fully saturated rings. The van der Waals surface area contributed by atoms with Gasteiger partial charge in [-0.3, -0.25) is 0 Å². The Balaban J connectivity index is 1.03. The Morgan fingerprint density at radius 2 is 0.780 bits per heavy atom. The molecule has 0 N–H and O–H groups in total. The molecule has 7 aromatic carbocycles. The summed E-state index contributed by atoms with van der Waals surface area (Å²) in [6.07, 6.45) is 0. The van der Waals surface area contributed by atoms with Crippen LogP contribution in [0.4, 0.5) is 0 Å². The minimum absolute atomic E-state index is 0.971. The third-order valence-corrected chi connectivity index (χ3v) is 10.7. The number of thioether (sulfide) groups is 1. The van der Waals surface area contributed by atoms with Crippen LogP contribution in [0.5, 0.6) is 0 Å². The fourth-order valence-corrected chi connectivity index (χ4v) is 8.16. The van der Waals surface area contributed by atoms with Crippen molar-refractivity contribution < 1.29 is 0 Å². The van der Waals surface area contributed by atoms with E-state index < -0.39 is 0 Å². The van der Waals surface area contributed by atoms with Crippen LogP contribution >= 0.6 is 11.8 Å². The minimum Gasteiger partial charge on any atom is -0.248 e. The largest absolute Gasteiger partial charge is 0.248 e. The molecule has 0 radical (unpaired) electrons. The lowest BCUT2D eigenvalue weighted by molar-refractivity contribution is 1.32. The van der Waals surface area contributed by atoms with Gasteiger partial charge in [-0.1, -0.05) is 158 Å². The first-order chi connectivity index (χ1) is 24.8. The van der Waals surface area contributed by atoms with Crippen molar-refractivity contribution in [1.29, 1.82) is 0 Å². The fourth-order valence-electron chi connectivity index (χ4n) is 7.04. The molecule has 50 heavy (non-hydrogen) atoms. The van der Waals surface area contributed by atoms with Gasteiger partial charge in [0.2, 0.25) is 0 Å². The predicted octanol–water partition coefficient (Wildman–Crippen LogP) is 13.4. The number of pyridine rings is 1. The van der Waals surface area contributed by atoms with Gasteiger partial charge in [0.25, 0.3) is 0 Å². The first-order valence-corrected chi connectivity index (χ1v) is 18.0. The molecule has 0 saturated carbocycles. The summed E-state index contributed by atoms with van der Waals surface area (Å²) in [6.45, 7) is 0. The highest BCUT2D eigenvalue weighted by molar-refractivity contribution is 7.98. The Bertz CT molecular complexity index is 2410. The molecule has 0 saturated heterocycles. The zero-order chi connectivity index (χ0) is 33.3. The summed E-state index contributed by atoms with van der Waals surface area (Å²) in [4.78, 5) is 6.44. The molecule has 0 bridgehead atoms. The molecule has 1 aliphatic heterocycles. The molecule has 8 aromatic rings. The second-order valence-electron chi connectivity index (χ2n) is 12.7. The Hall–Kier alpha value is -5.96. The Morgan fingerprint density at radius 3 is 1.42 bits per heavy atom. The molecular weight excluding hydrogens is 623 g/mol. The number of rotatable bonds is 6. The van der Waals surface area contributed by atoms with E-state index in [4.69, 9.17) is 4.98 Å². The highest BCUT2D eigenvalue weighted by Crippen LogP contribution is 2.45. The van der Waals surface area contributed by atoms with Gasteiger partial charge in [0.15, 0.2) is 0 Å². The van der Waals surface area contributed by atoms with E-state index in [0.29, 0.717) is 0 Å². The summed E-state index contributed by atoms with van der Waals surface area (Å²) in [5.74, 6) is 0.987. The zero-order valence-electron chi connectivity index (χ0n) is 27.5. The lowest BCUT2D eigenvalue weighted by atomic mass is 9.90. The van der Waals surface area contributed by atoms with Crippen LogP contribution in [0.25, 0.3) is 78.1 Å². The van der Waals surface area contributed by atoms with Gasteiger partial charge in [-0.15, -0.1) is 11.8 Å². The number of benzene rings is 7. The van der Waals surface area contributed by atoms with Crippen LogP contribution in [-0.4, -0.2) is 4.98 Å². The van der Waals surface area contributed by atoms with Crippen molar-refractivity contribution in [3.8, 4) is 78.1 Å².